The Kier molecular flexibility index (Phi) is 4.36. The molecule has 0 aliphatic heterocycles. The molecule has 0 atom stereocenters. The van der Waals surface area contributed by atoms with Crippen LogP contribution in [0, 0.1) is 0 Å². The number of rotatable bonds is 4. The van der Waals surface area contributed by atoms with E-state index in [-0.39, 0.29) is 5.78 Å². The van der Waals surface area contributed by atoms with Crippen LogP contribution in [-0.2, 0) is 12.8 Å². The van der Waals surface area contributed by atoms with Crippen LogP contribution in [0.25, 0.3) is 0 Å². The third-order valence-electron chi connectivity index (χ3n) is 3.03. The van der Waals surface area contributed by atoms with Crippen molar-refractivity contribution in [2.45, 2.75) is 26.7 Å². The second-order valence-electron chi connectivity index (χ2n) is 4.12. The summed E-state index contributed by atoms with van der Waals surface area (Å²) in [4.78, 5) is 13.1. The fraction of sp³-hybridized carbons (Fsp3) is 0.267. The molecular weight excluding hydrogens is 308 g/mol. The van der Waals surface area contributed by atoms with Crippen LogP contribution in [0.2, 0.25) is 0 Å². The summed E-state index contributed by atoms with van der Waals surface area (Å²) >= 11 is 4.87. The first-order valence-corrected chi connectivity index (χ1v) is 7.68. The van der Waals surface area contributed by atoms with Crippen molar-refractivity contribution in [2.24, 2.45) is 0 Å². The lowest BCUT2D eigenvalue weighted by Gasteiger charge is -2.07. The Bertz CT molecular complexity index is 572. The molecule has 1 nitrogen and oxygen atoms in total. The number of benzene rings is 1. The highest BCUT2D eigenvalue weighted by molar-refractivity contribution is 9.11. The second-order valence-corrected chi connectivity index (χ2v) is 6.59. The number of carbonyl (C=O) groups is 1. The van der Waals surface area contributed by atoms with Crippen molar-refractivity contribution in [3.05, 3.63) is 55.7 Å². The Balaban J connectivity index is 2.36. The van der Waals surface area contributed by atoms with Crippen LogP contribution in [-0.4, -0.2) is 5.78 Å². The summed E-state index contributed by atoms with van der Waals surface area (Å²) in [7, 11) is 0. The van der Waals surface area contributed by atoms with E-state index in [1.54, 1.807) is 0 Å². The van der Waals surface area contributed by atoms with Gasteiger partial charge in [0.1, 0.15) is 0 Å². The summed E-state index contributed by atoms with van der Waals surface area (Å²) in [6, 6.07) is 9.84. The van der Waals surface area contributed by atoms with Gasteiger partial charge < -0.3 is 0 Å². The minimum Gasteiger partial charge on any atom is -0.288 e. The Morgan fingerprint density at radius 3 is 2.39 bits per heavy atom. The van der Waals surface area contributed by atoms with Crippen LogP contribution in [0.5, 0.6) is 0 Å². The molecule has 2 rings (SSSR count). The van der Waals surface area contributed by atoms with Crippen molar-refractivity contribution in [1.82, 2.24) is 0 Å². The van der Waals surface area contributed by atoms with E-state index in [4.69, 9.17) is 0 Å². The maximum Gasteiger partial charge on any atom is 0.202 e. The van der Waals surface area contributed by atoms with Crippen molar-refractivity contribution in [1.29, 1.82) is 0 Å². The topological polar surface area (TPSA) is 17.1 Å². The number of hydrogen-bond acceptors (Lipinski definition) is 2. The normalized spacial score (nSPS) is 10.6. The largest absolute Gasteiger partial charge is 0.288 e. The first-order valence-electron chi connectivity index (χ1n) is 6.07. The van der Waals surface area contributed by atoms with Crippen molar-refractivity contribution in [3.8, 4) is 0 Å². The first-order chi connectivity index (χ1) is 8.65. The molecule has 0 aliphatic rings. The number of carbonyl (C=O) groups excluding carboxylic acids is 1. The van der Waals surface area contributed by atoms with Crippen LogP contribution < -0.4 is 0 Å². The van der Waals surface area contributed by atoms with Gasteiger partial charge in [-0.15, -0.1) is 11.3 Å². The van der Waals surface area contributed by atoms with E-state index < -0.39 is 0 Å². The van der Waals surface area contributed by atoms with Crippen molar-refractivity contribution in [2.75, 3.05) is 0 Å². The van der Waals surface area contributed by atoms with Gasteiger partial charge in [-0.2, -0.15) is 0 Å². The van der Waals surface area contributed by atoms with Gasteiger partial charge in [-0.25, -0.2) is 0 Å². The molecule has 0 saturated carbocycles. The van der Waals surface area contributed by atoms with Crippen LogP contribution in [0.4, 0.5) is 0 Å². The van der Waals surface area contributed by atoms with Gasteiger partial charge in [0.15, 0.2) is 0 Å². The fourth-order valence-corrected chi connectivity index (χ4v) is 3.37. The van der Waals surface area contributed by atoms with Gasteiger partial charge in [0.25, 0.3) is 0 Å². The Labute approximate surface area is 120 Å². The molecule has 0 saturated heterocycles. The third-order valence-corrected chi connectivity index (χ3v) is 4.65. The molecule has 1 aromatic carbocycles. The quantitative estimate of drug-likeness (QED) is 0.734. The lowest BCUT2D eigenvalue weighted by Crippen LogP contribution is -2.01. The van der Waals surface area contributed by atoms with E-state index in [2.05, 4.69) is 35.8 Å². The molecule has 0 radical (unpaired) electrons. The van der Waals surface area contributed by atoms with E-state index in [9.17, 15) is 4.79 Å². The maximum atomic E-state index is 12.3. The summed E-state index contributed by atoms with van der Waals surface area (Å²) < 4.78 is 0.992. The first kappa shape index (κ1) is 13.5. The van der Waals surface area contributed by atoms with Crippen molar-refractivity contribution < 1.29 is 4.79 Å². The van der Waals surface area contributed by atoms with Crippen molar-refractivity contribution >= 4 is 33.0 Å². The molecule has 94 valence electrons. The predicted octanol–water partition coefficient (Wildman–Crippen LogP) is 4.87. The number of thiophene rings is 1. The molecule has 2 aromatic rings. The van der Waals surface area contributed by atoms with E-state index in [1.165, 1.54) is 22.5 Å². The molecule has 0 spiro atoms. The average molecular weight is 323 g/mol. The molecule has 1 heterocycles. The zero-order valence-electron chi connectivity index (χ0n) is 10.5. The monoisotopic (exact) mass is 322 g/mol. The molecule has 0 fully saturated rings. The standard InChI is InChI=1S/C15H15BrOS/c1-3-10-5-6-12(9-11(10)4-2)15(17)13-7-8-14(16)18-13/h5-9H,3-4H2,1-2H3. The lowest BCUT2D eigenvalue weighted by atomic mass is 9.98. The lowest BCUT2D eigenvalue weighted by molar-refractivity contribution is 0.104. The molecule has 1 aromatic heterocycles. The molecule has 0 N–H and O–H groups in total. The Morgan fingerprint density at radius 2 is 1.83 bits per heavy atom. The van der Waals surface area contributed by atoms with Crippen LogP contribution in [0.3, 0.4) is 0 Å². The SMILES string of the molecule is CCc1ccc(C(=O)c2ccc(Br)s2)cc1CC. The Hall–Kier alpha value is -0.930. The molecule has 0 amide bonds. The van der Waals surface area contributed by atoms with E-state index >= 15 is 0 Å². The van der Waals surface area contributed by atoms with Gasteiger partial charge in [-0.1, -0.05) is 26.0 Å². The van der Waals surface area contributed by atoms with Gasteiger partial charge in [-0.3, -0.25) is 4.79 Å². The minimum atomic E-state index is 0.114. The minimum absolute atomic E-state index is 0.114. The van der Waals surface area contributed by atoms with Crippen LogP contribution in [0.1, 0.15) is 40.2 Å². The number of aryl methyl sites for hydroxylation is 2. The number of halogens is 1. The molecule has 18 heavy (non-hydrogen) atoms. The second kappa shape index (κ2) is 5.81. The molecule has 0 bridgehead atoms. The highest BCUT2D eigenvalue weighted by Gasteiger charge is 2.12. The number of hydrogen-bond donors (Lipinski definition) is 0. The van der Waals surface area contributed by atoms with Gasteiger partial charge in [0, 0.05) is 5.56 Å². The number of ketones is 1. The molecule has 0 aliphatic carbocycles. The Morgan fingerprint density at radius 1 is 1.11 bits per heavy atom. The fourth-order valence-electron chi connectivity index (χ4n) is 2.02. The summed E-state index contributed by atoms with van der Waals surface area (Å²) in [6.45, 7) is 4.27. The van der Waals surface area contributed by atoms with Crippen LogP contribution in [0.15, 0.2) is 34.1 Å². The smallest absolute Gasteiger partial charge is 0.202 e. The van der Waals surface area contributed by atoms with Crippen LogP contribution >= 0.6 is 27.3 Å². The van der Waals surface area contributed by atoms with E-state index in [1.807, 2.05) is 24.3 Å². The molecular formula is C15H15BrOS. The molecule has 0 unspecified atom stereocenters. The van der Waals surface area contributed by atoms with E-state index in [0.717, 1.165) is 27.1 Å². The van der Waals surface area contributed by atoms with Gasteiger partial charge >= 0.3 is 0 Å². The highest BCUT2D eigenvalue weighted by atomic mass is 79.9. The van der Waals surface area contributed by atoms with E-state index in [0.29, 0.717) is 0 Å². The van der Waals surface area contributed by atoms with Gasteiger partial charge in [0.2, 0.25) is 5.78 Å². The molecule has 3 heteroatoms. The summed E-state index contributed by atoms with van der Waals surface area (Å²) in [6.07, 6.45) is 1.99. The summed E-state index contributed by atoms with van der Waals surface area (Å²) in [5, 5.41) is 0. The average Bonchev–Trinajstić information content (AvgIpc) is 2.83. The zero-order valence-corrected chi connectivity index (χ0v) is 12.9. The third kappa shape index (κ3) is 2.73. The zero-order chi connectivity index (χ0) is 13.1. The highest BCUT2D eigenvalue weighted by Crippen LogP contribution is 2.25. The van der Waals surface area contributed by atoms with Gasteiger partial charge in [0.05, 0.1) is 8.66 Å². The van der Waals surface area contributed by atoms with Gasteiger partial charge in [-0.05, 0) is 58.1 Å². The summed E-state index contributed by atoms with van der Waals surface area (Å²) in [5.41, 5.74) is 3.40. The van der Waals surface area contributed by atoms with Crippen molar-refractivity contribution in [3.63, 3.8) is 0 Å². The predicted molar refractivity (Wildman–Crippen MR) is 80.6 cm³/mol. The maximum absolute atomic E-state index is 12.3. The summed E-state index contributed by atoms with van der Waals surface area (Å²) in [5.74, 6) is 0.114.